The molecule has 0 N–H and O–H groups in total. The van der Waals surface area contributed by atoms with Crippen LogP contribution in [0.5, 0.6) is 0 Å². The number of aromatic nitrogens is 2. The Morgan fingerprint density at radius 2 is 2.00 bits per heavy atom. The maximum Gasteiger partial charge on any atom is 0.257 e. The molecule has 2 aromatic carbocycles. The number of rotatable bonds is 4. The maximum atomic E-state index is 5.50. The summed E-state index contributed by atoms with van der Waals surface area (Å²) in [6.45, 7) is 2.08. The summed E-state index contributed by atoms with van der Waals surface area (Å²) in [4.78, 5) is 4.57. The predicted octanol–water partition coefficient (Wildman–Crippen LogP) is 4.73. The molecule has 4 nitrogen and oxygen atoms in total. The zero-order valence-electron chi connectivity index (χ0n) is 13.9. The Bertz CT molecular complexity index is 879. The largest absolute Gasteiger partial charge is 0.334 e. The van der Waals surface area contributed by atoms with E-state index < -0.39 is 0 Å². The molecule has 0 radical (unpaired) electrons. The van der Waals surface area contributed by atoms with Gasteiger partial charge in [0.1, 0.15) is 0 Å². The third-order valence-corrected chi connectivity index (χ3v) is 5.79. The van der Waals surface area contributed by atoms with Crippen LogP contribution in [0.4, 0.5) is 0 Å². The quantitative estimate of drug-likeness (QED) is 0.576. The van der Waals surface area contributed by atoms with Gasteiger partial charge in [-0.25, -0.2) is 4.31 Å². The van der Waals surface area contributed by atoms with Gasteiger partial charge < -0.3 is 4.52 Å². The van der Waals surface area contributed by atoms with Crippen LogP contribution >= 0.6 is 27.9 Å². The molecule has 0 amide bonds. The average molecular weight is 416 g/mol. The lowest BCUT2D eigenvalue weighted by Gasteiger charge is -2.26. The summed E-state index contributed by atoms with van der Waals surface area (Å²) >= 11 is 5.25. The van der Waals surface area contributed by atoms with Crippen LogP contribution in [0, 0.1) is 0 Å². The van der Waals surface area contributed by atoms with Crippen LogP contribution in [-0.4, -0.2) is 27.2 Å². The lowest BCUT2D eigenvalue weighted by Crippen LogP contribution is -2.24. The van der Waals surface area contributed by atoms with Crippen LogP contribution in [0.1, 0.15) is 22.5 Å². The summed E-state index contributed by atoms with van der Waals surface area (Å²) < 4.78 is 8.94. The Morgan fingerprint density at radius 1 is 1.16 bits per heavy atom. The first-order valence-corrected chi connectivity index (χ1v) is 10.2. The molecule has 3 aromatic rings. The zero-order chi connectivity index (χ0) is 17.2. The Labute approximate surface area is 159 Å². The first-order valence-electron chi connectivity index (χ1n) is 8.19. The lowest BCUT2D eigenvalue weighted by atomic mass is 9.98. The third-order valence-electron chi connectivity index (χ3n) is 4.43. The molecule has 0 fully saturated rings. The van der Waals surface area contributed by atoms with Crippen molar-refractivity contribution in [3.63, 3.8) is 0 Å². The fourth-order valence-electron chi connectivity index (χ4n) is 3.04. The third kappa shape index (κ3) is 3.81. The molecule has 2 heterocycles. The van der Waals surface area contributed by atoms with E-state index >= 15 is 0 Å². The van der Waals surface area contributed by atoms with Crippen molar-refractivity contribution in [2.45, 2.75) is 19.4 Å². The lowest BCUT2D eigenvalue weighted by molar-refractivity contribution is 0.423. The van der Waals surface area contributed by atoms with Gasteiger partial charge >= 0.3 is 0 Å². The number of benzene rings is 2. The molecule has 0 saturated heterocycles. The second kappa shape index (κ2) is 7.32. The smallest absolute Gasteiger partial charge is 0.257 e. The molecule has 128 valence electrons. The van der Waals surface area contributed by atoms with Crippen molar-refractivity contribution in [3.05, 3.63) is 69.5 Å². The minimum absolute atomic E-state index is 0.599. The van der Waals surface area contributed by atoms with E-state index in [1.165, 1.54) is 11.1 Å². The van der Waals surface area contributed by atoms with Crippen LogP contribution in [0.3, 0.4) is 0 Å². The Morgan fingerprint density at radius 3 is 2.80 bits per heavy atom. The van der Waals surface area contributed by atoms with Crippen molar-refractivity contribution < 1.29 is 4.52 Å². The van der Waals surface area contributed by atoms with Crippen LogP contribution in [-0.2, 0) is 19.4 Å². The highest BCUT2D eigenvalue weighted by molar-refractivity contribution is 9.10. The van der Waals surface area contributed by atoms with E-state index in [1.54, 1.807) is 11.9 Å². The summed E-state index contributed by atoms with van der Waals surface area (Å²) in [7, 11) is 0. The number of hydrogen-bond donors (Lipinski definition) is 0. The predicted molar refractivity (Wildman–Crippen MR) is 104 cm³/mol. The summed E-state index contributed by atoms with van der Waals surface area (Å²) in [6, 6.07) is 14.7. The molecule has 1 aliphatic rings. The number of hydrogen-bond acceptors (Lipinski definition) is 5. The normalized spacial score (nSPS) is 14.5. The fourth-order valence-corrected chi connectivity index (χ4v) is 3.85. The van der Waals surface area contributed by atoms with Crippen LogP contribution < -0.4 is 0 Å². The van der Waals surface area contributed by atoms with Gasteiger partial charge in [-0.1, -0.05) is 51.2 Å². The standard InChI is InChI=1S/C19H18BrN3OS/c1-25-23-9-8-14-11-15(4-5-16(14)12-23)19-21-18(22-24-19)10-13-2-6-17(20)7-3-13/h2-7,11H,8-10,12H2,1H3. The van der Waals surface area contributed by atoms with Gasteiger partial charge in [0.15, 0.2) is 5.82 Å². The SMILES string of the molecule is CSN1CCc2cc(-c3nc(Cc4ccc(Br)cc4)no3)ccc2C1. The van der Waals surface area contributed by atoms with E-state index in [1.807, 2.05) is 12.1 Å². The van der Waals surface area contributed by atoms with E-state index in [-0.39, 0.29) is 0 Å². The maximum absolute atomic E-state index is 5.50. The van der Waals surface area contributed by atoms with Gasteiger partial charge in [0.2, 0.25) is 0 Å². The molecule has 25 heavy (non-hydrogen) atoms. The molecular formula is C19H18BrN3OS. The van der Waals surface area contributed by atoms with E-state index in [0.717, 1.165) is 35.1 Å². The summed E-state index contributed by atoms with van der Waals surface area (Å²) in [5, 5.41) is 4.14. The highest BCUT2D eigenvalue weighted by Crippen LogP contribution is 2.27. The Hall–Kier alpha value is -1.63. The van der Waals surface area contributed by atoms with Crippen molar-refractivity contribution >= 4 is 27.9 Å². The Kier molecular flexibility index (Phi) is 4.92. The van der Waals surface area contributed by atoms with Gasteiger partial charge in [-0.2, -0.15) is 4.98 Å². The molecule has 0 aliphatic carbocycles. The molecule has 4 rings (SSSR count). The van der Waals surface area contributed by atoms with Gasteiger partial charge in [0.05, 0.1) is 0 Å². The molecule has 0 spiro atoms. The number of halogens is 1. The van der Waals surface area contributed by atoms with Crippen LogP contribution in [0.15, 0.2) is 51.5 Å². The van der Waals surface area contributed by atoms with Gasteiger partial charge in [0, 0.05) is 29.5 Å². The first kappa shape index (κ1) is 16.8. The summed E-state index contributed by atoms with van der Waals surface area (Å²) in [6.07, 6.45) is 3.86. The molecule has 0 bridgehead atoms. The fraction of sp³-hybridized carbons (Fsp3) is 0.263. The number of fused-ring (bicyclic) bond motifs is 1. The van der Waals surface area contributed by atoms with Crippen molar-refractivity contribution in [2.24, 2.45) is 0 Å². The number of nitrogens with zero attached hydrogens (tertiary/aromatic N) is 3. The van der Waals surface area contributed by atoms with Gasteiger partial charge in [-0.3, -0.25) is 0 Å². The minimum atomic E-state index is 0.599. The molecule has 1 aliphatic heterocycles. The minimum Gasteiger partial charge on any atom is -0.334 e. The summed E-state index contributed by atoms with van der Waals surface area (Å²) in [5.74, 6) is 1.31. The van der Waals surface area contributed by atoms with E-state index in [2.05, 4.69) is 67.0 Å². The van der Waals surface area contributed by atoms with E-state index in [0.29, 0.717) is 18.1 Å². The summed E-state index contributed by atoms with van der Waals surface area (Å²) in [5.41, 5.74) is 4.94. The van der Waals surface area contributed by atoms with Crippen molar-refractivity contribution in [2.75, 3.05) is 12.8 Å². The van der Waals surface area contributed by atoms with Crippen molar-refractivity contribution in [3.8, 4) is 11.5 Å². The highest BCUT2D eigenvalue weighted by Gasteiger charge is 2.17. The Balaban J connectivity index is 1.53. The van der Waals surface area contributed by atoms with Gasteiger partial charge in [-0.15, -0.1) is 0 Å². The molecule has 0 atom stereocenters. The molecule has 6 heteroatoms. The molecule has 0 unspecified atom stereocenters. The second-order valence-electron chi connectivity index (χ2n) is 6.10. The monoisotopic (exact) mass is 415 g/mol. The van der Waals surface area contributed by atoms with Gasteiger partial charge in [-0.05, 0) is 53.6 Å². The van der Waals surface area contributed by atoms with Gasteiger partial charge in [0.25, 0.3) is 5.89 Å². The van der Waals surface area contributed by atoms with Crippen molar-refractivity contribution in [1.82, 2.24) is 14.4 Å². The van der Waals surface area contributed by atoms with E-state index in [4.69, 9.17) is 4.52 Å². The average Bonchev–Trinajstić information content (AvgIpc) is 3.11. The molecular weight excluding hydrogens is 398 g/mol. The van der Waals surface area contributed by atoms with Crippen LogP contribution in [0.25, 0.3) is 11.5 Å². The second-order valence-corrected chi connectivity index (χ2v) is 7.90. The van der Waals surface area contributed by atoms with E-state index in [9.17, 15) is 0 Å². The topological polar surface area (TPSA) is 42.2 Å². The molecule has 1 aromatic heterocycles. The van der Waals surface area contributed by atoms with Crippen LogP contribution in [0.2, 0.25) is 0 Å². The first-order chi connectivity index (χ1) is 12.2. The zero-order valence-corrected chi connectivity index (χ0v) is 16.3. The van der Waals surface area contributed by atoms with Crippen molar-refractivity contribution in [1.29, 1.82) is 0 Å². The highest BCUT2D eigenvalue weighted by atomic mass is 79.9. The molecule has 0 saturated carbocycles.